The minimum atomic E-state index is -5.02. The first-order valence-electron chi connectivity index (χ1n) is 2.06. The summed E-state index contributed by atoms with van der Waals surface area (Å²) in [5.74, 6) is 0. The van der Waals surface area contributed by atoms with Gasteiger partial charge in [-0.3, -0.25) is 18.2 Å². The van der Waals surface area contributed by atoms with Crippen LogP contribution >= 0.6 is 0 Å². The Labute approximate surface area is 80.6 Å². The first-order valence-corrected chi connectivity index (χ1v) is 5.86. The largest absolute Gasteiger partial charge is 0.425 e. The predicted octanol–water partition coefficient (Wildman–Crippen LogP) is -1.78. The van der Waals surface area contributed by atoms with Crippen LogP contribution in [0.2, 0.25) is 0 Å². The second-order valence-corrected chi connectivity index (χ2v) is 3.67. The van der Waals surface area contributed by atoms with Gasteiger partial charge in [0.1, 0.15) is 0 Å². The van der Waals surface area contributed by atoms with Crippen molar-refractivity contribution < 1.29 is 47.9 Å². The van der Waals surface area contributed by atoms with Gasteiger partial charge in [-0.1, -0.05) is 8.67 Å². The van der Waals surface area contributed by atoms with Crippen molar-refractivity contribution in [2.45, 2.75) is 0 Å². The maximum atomic E-state index is 9.51. The number of rotatable bonds is 3. The monoisotopic (exact) mass is 276 g/mol. The van der Waals surface area contributed by atoms with Crippen LogP contribution < -0.4 is 0 Å². The van der Waals surface area contributed by atoms with Crippen LogP contribution in [0.1, 0.15) is 0 Å². The molecule has 0 heterocycles. The van der Waals surface area contributed by atoms with E-state index in [0.29, 0.717) is 0 Å². The van der Waals surface area contributed by atoms with Gasteiger partial charge >= 0.3 is 20.8 Å². The standard InChI is InChI=1S/H2O8S2.H2O3S/c1-9(2,3)7-8-10(4,5)6;1-4(2)3/h(H,1,2,3)(H,4,5,6);(H2,1,2,3). The summed E-state index contributed by atoms with van der Waals surface area (Å²) in [5, 5.41) is 0. The zero-order valence-corrected chi connectivity index (χ0v) is 8.32. The van der Waals surface area contributed by atoms with Gasteiger partial charge in [-0.2, -0.15) is 21.0 Å². The molecule has 0 bridgehead atoms. The Morgan fingerprint density at radius 3 is 1.07 bits per heavy atom. The van der Waals surface area contributed by atoms with Crippen molar-refractivity contribution in [3.63, 3.8) is 0 Å². The van der Waals surface area contributed by atoms with E-state index in [1.165, 1.54) is 0 Å². The third-order valence-electron chi connectivity index (χ3n) is 0.200. The smallest absolute Gasteiger partial charge is 0.284 e. The quantitative estimate of drug-likeness (QED) is 0.197. The summed E-state index contributed by atoms with van der Waals surface area (Å²) < 4.78 is 81.7. The second kappa shape index (κ2) is 6.32. The molecular formula is H4O11S3. The Hall–Kier alpha value is -0.190. The highest BCUT2D eigenvalue weighted by Crippen LogP contribution is 1.92. The Kier molecular flexibility index (Phi) is 7.34. The maximum absolute atomic E-state index is 9.51. The maximum Gasteiger partial charge on any atom is 0.425 e. The fourth-order valence-corrected chi connectivity index (χ4v) is 0.632. The molecule has 0 radical (unpaired) electrons. The highest BCUT2D eigenvalue weighted by Gasteiger charge is 2.13. The van der Waals surface area contributed by atoms with E-state index >= 15 is 0 Å². The summed E-state index contributed by atoms with van der Waals surface area (Å²) in [5.41, 5.74) is 0. The molecule has 0 fully saturated rings. The molecule has 0 aromatic heterocycles. The van der Waals surface area contributed by atoms with Gasteiger partial charge in [-0.15, -0.1) is 0 Å². The van der Waals surface area contributed by atoms with Crippen LogP contribution in [0.3, 0.4) is 0 Å². The highest BCUT2D eigenvalue weighted by atomic mass is 32.3. The molecule has 11 nitrogen and oxygen atoms in total. The molecule has 0 atom stereocenters. The molecule has 0 rings (SSSR count). The van der Waals surface area contributed by atoms with Crippen molar-refractivity contribution in [1.29, 1.82) is 0 Å². The van der Waals surface area contributed by atoms with Gasteiger partial charge in [0.05, 0.1) is 0 Å². The summed E-state index contributed by atoms with van der Waals surface area (Å²) >= 11 is -2.61. The van der Waals surface area contributed by atoms with Gasteiger partial charge in [-0.05, 0) is 0 Å². The summed E-state index contributed by atoms with van der Waals surface area (Å²) in [6.07, 6.45) is 0. The molecule has 0 aliphatic heterocycles. The lowest BCUT2D eigenvalue weighted by Gasteiger charge is -1.92. The van der Waals surface area contributed by atoms with Crippen LogP contribution in [-0.2, 0) is 40.8 Å². The molecule has 0 saturated heterocycles. The van der Waals surface area contributed by atoms with E-state index in [-0.39, 0.29) is 0 Å². The molecule has 0 saturated carbocycles. The molecule has 14 heteroatoms. The van der Waals surface area contributed by atoms with Gasteiger partial charge in [0, 0.05) is 0 Å². The Bertz CT molecular complexity index is 317. The summed E-state index contributed by atoms with van der Waals surface area (Å²) in [6, 6.07) is 0. The average molecular weight is 276 g/mol. The van der Waals surface area contributed by atoms with Crippen LogP contribution in [0.25, 0.3) is 0 Å². The molecule has 14 heavy (non-hydrogen) atoms. The topological polar surface area (TPSA) is 185 Å². The molecule has 88 valence electrons. The van der Waals surface area contributed by atoms with E-state index in [4.69, 9.17) is 22.4 Å². The van der Waals surface area contributed by atoms with E-state index in [2.05, 4.69) is 8.67 Å². The van der Waals surface area contributed by atoms with E-state index < -0.39 is 32.2 Å². The Morgan fingerprint density at radius 2 is 1.00 bits per heavy atom. The molecule has 0 spiro atoms. The fraction of sp³-hybridized carbons (Fsp3) is 0. The van der Waals surface area contributed by atoms with Crippen LogP contribution in [-0.4, -0.2) is 39.3 Å². The van der Waals surface area contributed by atoms with Crippen LogP contribution in [0.15, 0.2) is 0 Å². The van der Waals surface area contributed by atoms with Crippen molar-refractivity contribution in [1.82, 2.24) is 0 Å². The van der Waals surface area contributed by atoms with Crippen LogP contribution in [0.5, 0.6) is 0 Å². The lowest BCUT2D eigenvalue weighted by Crippen LogP contribution is -2.10. The third kappa shape index (κ3) is 29.8. The molecule has 0 aliphatic carbocycles. The van der Waals surface area contributed by atoms with E-state index in [1.54, 1.807) is 0 Å². The molecule has 0 unspecified atom stereocenters. The van der Waals surface area contributed by atoms with Gasteiger partial charge in [0.2, 0.25) is 0 Å². The SMILES string of the molecule is O=S(=O)(O)OOS(=O)(=O)O.O=S(O)O. The Morgan fingerprint density at radius 1 is 0.857 bits per heavy atom. The van der Waals surface area contributed by atoms with Gasteiger partial charge in [-0.25, -0.2) is 0 Å². The molecule has 0 aliphatic rings. The first-order chi connectivity index (χ1) is 5.94. The molecule has 0 aromatic rings. The van der Waals surface area contributed by atoms with Crippen molar-refractivity contribution in [2.75, 3.05) is 0 Å². The normalized spacial score (nSPS) is 12.1. The van der Waals surface area contributed by atoms with Crippen molar-refractivity contribution >= 4 is 32.2 Å². The average Bonchev–Trinajstić information content (AvgIpc) is 1.79. The third-order valence-corrected chi connectivity index (χ3v) is 0.766. The van der Waals surface area contributed by atoms with Crippen molar-refractivity contribution in [3.8, 4) is 0 Å². The molecule has 0 aromatic carbocycles. The van der Waals surface area contributed by atoms with E-state index in [9.17, 15) is 16.8 Å². The van der Waals surface area contributed by atoms with Crippen LogP contribution in [0, 0.1) is 0 Å². The van der Waals surface area contributed by atoms with Crippen molar-refractivity contribution in [2.24, 2.45) is 0 Å². The lowest BCUT2D eigenvalue weighted by molar-refractivity contribution is -0.105. The molecule has 4 N–H and O–H groups in total. The molecule has 0 amide bonds. The first kappa shape index (κ1) is 16.2. The number of hydrogen-bond donors (Lipinski definition) is 4. The second-order valence-electron chi connectivity index (χ2n) is 1.22. The zero-order valence-electron chi connectivity index (χ0n) is 5.87. The summed E-state index contributed by atoms with van der Waals surface area (Å²) in [7, 11) is -10.0. The minimum absolute atomic E-state index is 2.61. The fourth-order valence-electron chi connectivity index (χ4n) is 0.0702. The zero-order chi connectivity index (χ0) is 12.0. The van der Waals surface area contributed by atoms with Gasteiger partial charge in [0.25, 0.3) is 11.4 Å². The summed E-state index contributed by atoms with van der Waals surface area (Å²) in [6.45, 7) is 0. The summed E-state index contributed by atoms with van der Waals surface area (Å²) in [4.78, 5) is 0. The number of hydrogen-bond acceptors (Lipinski definition) is 7. The van der Waals surface area contributed by atoms with Gasteiger partial charge in [0.15, 0.2) is 0 Å². The Balaban J connectivity index is 0. The minimum Gasteiger partial charge on any atom is -0.284 e. The van der Waals surface area contributed by atoms with E-state index in [1.807, 2.05) is 0 Å². The lowest BCUT2D eigenvalue weighted by atomic mass is 14.9. The van der Waals surface area contributed by atoms with E-state index in [0.717, 1.165) is 0 Å². The van der Waals surface area contributed by atoms with Gasteiger partial charge < -0.3 is 0 Å². The van der Waals surface area contributed by atoms with Crippen molar-refractivity contribution in [3.05, 3.63) is 0 Å². The van der Waals surface area contributed by atoms with Crippen LogP contribution in [0.4, 0.5) is 0 Å². The molecular weight excluding hydrogens is 272 g/mol. The predicted molar refractivity (Wildman–Crippen MR) is 38.7 cm³/mol. The highest BCUT2D eigenvalue weighted by molar-refractivity contribution is 7.83.